The van der Waals surface area contributed by atoms with Gasteiger partial charge < -0.3 is 9.88 Å². The van der Waals surface area contributed by atoms with E-state index in [0.717, 1.165) is 47.6 Å². The average molecular weight is 377 g/mol. The third-order valence-electron chi connectivity index (χ3n) is 7.00. The highest BCUT2D eigenvalue weighted by atomic mass is 15.3. The minimum absolute atomic E-state index is 0.695. The molecule has 3 fully saturated rings. The number of nitrogens with one attached hydrogen (secondary N) is 1. The lowest BCUT2D eigenvalue weighted by Crippen LogP contribution is -2.59. The van der Waals surface area contributed by atoms with Crippen LogP contribution in [0.15, 0.2) is 24.7 Å². The Morgan fingerprint density at radius 2 is 1.89 bits per heavy atom. The smallest absolute Gasteiger partial charge is 0.180 e. The van der Waals surface area contributed by atoms with Gasteiger partial charge in [0.15, 0.2) is 5.65 Å². The van der Waals surface area contributed by atoms with Crippen LogP contribution in [0.25, 0.3) is 22.6 Å². The Labute approximate surface area is 164 Å². The first kappa shape index (κ1) is 16.5. The van der Waals surface area contributed by atoms with Crippen molar-refractivity contribution < 1.29 is 0 Å². The monoisotopic (exact) mass is 377 g/mol. The van der Waals surface area contributed by atoms with Crippen LogP contribution in [0, 0.1) is 5.92 Å². The van der Waals surface area contributed by atoms with Crippen LogP contribution in [0.2, 0.25) is 0 Å². The van der Waals surface area contributed by atoms with Gasteiger partial charge >= 0.3 is 0 Å². The van der Waals surface area contributed by atoms with E-state index >= 15 is 0 Å². The van der Waals surface area contributed by atoms with Crippen LogP contribution in [0.4, 0.5) is 5.69 Å². The third kappa shape index (κ3) is 2.49. The fourth-order valence-electron chi connectivity index (χ4n) is 5.67. The number of imidazole rings is 1. The van der Waals surface area contributed by atoms with Gasteiger partial charge in [-0.1, -0.05) is 6.92 Å². The first-order valence-electron chi connectivity index (χ1n) is 10.5. The van der Waals surface area contributed by atoms with Gasteiger partial charge in [0.05, 0.1) is 17.4 Å². The van der Waals surface area contributed by atoms with Crippen molar-refractivity contribution in [2.75, 3.05) is 18.0 Å². The molecule has 2 bridgehead atoms. The average Bonchev–Trinajstić information content (AvgIpc) is 3.34. The number of aromatic nitrogens is 5. The van der Waals surface area contributed by atoms with Crippen molar-refractivity contribution in [1.82, 2.24) is 29.6 Å². The molecule has 3 aromatic heterocycles. The van der Waals surface area contributed by atoms with E-state index in [4.69, 9.17) is 4.98 Å². The Morgan fingerprint density at radius 3 is 2.57 bits per heavy atom. The molecule has 2 atom stereocenters. The van der Waals surface area contributed by atoms with Gasteiger partial charge in [0.1, 0.15) is 11.3 Å². The Morgan fingerprint density at radius 1 is 1.11 bits per heavy atom. The number of pyridine rings is 1. The summed E-state index contributed by atoms with van der Waals surface area (Å²) in [6.45, 7) is 4.61. The lowest BCUT2D eigenvalue weighted by molar-refractivity contribution is 0.0341. The summed E-state index contributed by atoms with van der Waals surface area (Å²) in [6, 6.07) is 4.37. The van der Waals surface area contributed by atoms with Crippen LogP contribution >= 0.6 is 0 Å². The predicted molar refractivity (Wildman–Crippen MR) is 109 cm³/mol. The van der Waals surface area contributed by atoms with Crippen LogP contribution in [0.5, 0.6) is 0 Å². The third-order valence-corrected chi connectivity index (χ3v) is 7.00. The Hall–Kier alpha value is -2.41. The minimum Gasteiger partial charge on any atom is -0.367 e. The molecule has 7 nitrogen and oxygen atoms in total. The molecule has 146 valence electrons. The van der Waals surface area contributed by atoms with Crippen LogP contribution < -0.4 is 4.90 Å². The highest BCUT2D eigenvalue weighted by Gasteiger charge is 2.46. The molecule has 2 aliphatic heterocycles. The van der Waals surface area contributed by atoms with Gasteiger partial charge in [0.25, 0.3) is 0 Å². The molecule has 1 N–H and O–H groups in total. The Bertz CT molecular complexity index is 1000. The number of hydrogen-bond acceptors (Lipinski definition) is 5. The number of piperazine rings is 1. The van der Waals surface area contributed by atoms with Crippen molar-refractivity contribution in [2.24, 2.45) is 13.0 Å². The molecule has 0 radical (unpaired) electrons. The fraction of sp³-hybridized carbons (Fsp3) is 0.571. The van der Waals surface area contributed by atoms with Gasteiger partial charge in [-0.2, -0.15) is 5.10 Å². The minimum atomic E-state index is 0.695. The molecule has 28 heavy (non-hydrogen) atoms. The van der Waals surface area contributed by atoms with E-state index in [-0.39, 0.29) is 0 Å². The largest absolute Gasteiger partial charge is 0.367 e. The van der Waals surface area contributed by atoms with Crippen LogP contribution in [0.1, 0.15) is 32.6 Å². The van der Waals surface area contributed by atoms with Gasteiger partial charge in [-0.05, 0) is 37.7 Å². The second kappa shape index (κ2) is 6.04. The summed E-state index contributed by atoms with van der Waals surface area (Å²) >= 11 is 0. The second-order valence-electron chi connectivity index (χ2n) is 8.98. The molecular weight excluding hydrogens is 350 g/mol. The van der Waals surface area contributed by atoms with E-state index in [1.165, 1.54) is 31.4 Å². The number of aryl methyl sites for hydroxylation is 1. The molecule has 0 amide bonds. The normalized spacial score (nSPS) is 30.1. The summed E-state index contributed by atoms with van der Waals surface area (Å²) in [4.78, 5) is 18.2. The highest BCUT2D eigenvalue weighted by molar-refractivity contribution is 5.88. The van der Waals surface area contributed by atoms with Crippen LogP contribution in [-0.2, 0) is 7.05 Å². The van der Waals surface area contributed by atoms with Crippen molar-refractivity contribution in [1.29, 1.82) is 0 Å². The maximum absolute atomic E-state index is 4.72. The molecule has 0 spiro atoms. The molecular formula is C21H27N7. The van der Waals surface area contributed by atoms with Crippen molar-refractivity contribution >= 4 is 16.9 Å². The van der Waals surface area contributed by atoms with Gasteiger partial charge in [-0.3, -0.25) is 9.58 Å². The number of rotatable bonds is 3. The molecule has 1 aliphatic carbocycles. The molecule has 7 heteroatoms. The molecule has 3 aliphatic rings. The van der Waals surface area contributed by atoms with E-state index in [1.807, 2.05) is 25.6 Å². The second-order valence-corrected chi connectivity index (χ2v) is 8.98. The maximum Gasteiger partial charge on any atom is 0.180 e. The predicted octanol–water partition coefficient (Wildman–Crippen LogP) is 2.81. The van der Waals surface area contributed by atoms with E-state index in [1.54, 1.807) is 4.68 Å². The van der Waals surface area contributed by atoms with Gasteiger partial charge in [0, 0.05) is 50.7 Å². The molecule has 3 aromatic rings. The summed E-state index contributed by atoms with van der Waals surface area (Å²) < 4.78 is 1.80. The summed E-state index contributed by atoms with van der Waals surface area (Å²) in [7, 11) is 1.92. The molecule has 6 rings (SSSR count). The molecule has 0 aromatic carbocycles. The van der Waals surface area contributed by atoms with Gasteiger partial charge in [-0.25, -0.2) is 9.97 Å². The maximum atomic E-state index is 4.72. The summed E-state index contributed by atoms with van der Waals surface area (Å²) in [5.41, 5.74) is 4.08. The summed E-state index contributed by atoms with van der Waals surface area (Å²) in [6.07, 6.45) is 11.2. The zero-order valence-corrected chi connectivity index (χ0v) is 16.5. The van der Waals surface area contributed by atoms with Crippen molar-refractivity contribution in [3.8, 4) is 11.4 Å². The number of anilines is 1. The lowest BCUT2D eigenvalue weighted by atomic mass is 9.80. The number of fused-ring (bicyclic) bond motifs is 3. The molecule has 1 saturated carbocycles. The van der Waals surface area contributed by atoms with E-state index in [9.17, 15) is 0 Å². The standard InChI is InChI=1S/C21H27N7/c1-13-7-17(8-13)28-15-3-4-16(28)12-27(11-15)18-5-6-22-21-19(18)24-20(25-21)14-9-23-26(2)10-14/h5-6,9-10,13,15-17H,3-4,7-8,11-12H2,1-2H3,(H,22,24,25). The zero-order chi connectivity index (χ0) is 18.8. The molecule has 5 heterocycles. The van der Waals surface area contributed by atoms with Crippen LogP contribution in [0.3, 0.4) is 0 Å². The Balaban J connectivity index is 1.31. The van der Waals surface area contributed by atoms with Crippen molar-refractivity contribution in [2.45, 2.75) is 50.7 Å². The fourth-order valence-corrected chi connectivity index (χ4v) is 5.67. The highest BCUT2D eigenvalue weighted by Crippen LogP contribution is 2.42. The number of hydrogen-bond donors (Lipinski definition) is 1. The first-order valence-corrected chi connectivity index (χ1v) is 10.5. The zero-order valence-electron chi connectivity index (χ0n) is 16.5. The quantitative estimate of drug-likeness (QED) is 0.760. The van der Waals surface area contributed by atoms with Crippen molar-refractivity contribution in [3.63, 3.8) is 0 Å². The van der Waals surface area contributed by atoms with Crippen molar-refractivity contribution in [3.05, 3.63) is 24.7 Å². The molecule has 2 saturated heterocycles. The SMILES string of the molecule is CC1CC(N2C3CCC2CN(c2ccnc4nc(-c5cnn(C)c5)[nH]c24)C3)C1. The number of aromatic amines is 1. The summed E-state index contributed by atoms with van der Waals surface area (Å²) in [5, 5.41) is 4.27. The topological polar surface area (TPSA) is 65.9 Å². The lowest BCUT2D eigenvalue weighted by Gasteiger charge is -2.50. The molecule has 2 unspecified atom stereocenters. The first-order chi connectivity index (χ1) is 13.7. The van der Waals surface area contributed by atoms with E-state index in [2.05, 4.69) is 37.9 Å². The van der Waals surface area contributed by atoms with Gasteiger partial charge in [-0.15, -0.1) is 0 Å². The van der Waals surface area contributed by atoms with Gasteiger partial charge in [0.2, 0.25) is 0 Å². The summed E-state index contributed by atoms with van der Waals surface area (Å²) in [5.74, 6) is 1.76. The number of H-pyrrole nitrogens is 1. The van der Waals surface area contributed by atoms with E-state index in [0.29, 0.717) is 12.1 Å². The number of nitrogens with zero attached hydrogens (tertiary/aromatic N) is 6. The Kier molecular flexibility index (Phi) is 3.57. The van der Waals surface area contributed by atoms with Crippen LogP contribution in [-0.4, -0.2) is 60.8 Å². The van der Waals surface area contributed by atoms with E-state index < -0.39 is 0 Å².